The lowest BCUT2D eigenvalue weighted by Crippen LogP contribution is -2.03. The second-order valence-corrected chi connectivity index (χ2v) is 3.25. The van der Waals surface area contributed by atoms with Crippen LogP contribution in [0.2, 0.25) is 0 Å². The molecular weight excluding hydrogens is 204 g/mol. The molecule has 0 saturated carbocycles. The zero-order valence-corrected chi connectivity index (χ0v) is 8.92. The second kappa shape index (κ2) is 4.67. The van der Waals surface area contributed by atoms with Gasteiger partial charge < -0.3 is 10.5 Å². The van der Waals surface area contributed by atoms with Gasteiger partial charge in [-0.05, 0) is 19.1 Å². The van der Waals surface area contributed by atoms with E-state index in [1.165, 1.54) is 0 Å². The van der Waals surface area contributed by atoms with Crippen LogP contribution in [0.4, 0.5) is 0 Å². The second-order valence-electron chi connectivity index (χ2n) is 3.25. The molecule has 0 bridgehead atoms. The maximum atomic E-state index is 5.54. The van der Waals surface area contributed by atoms with Crippen LogP contribution in [0.3, 0.4) is 0 Å². The third-order valence-corrected chi connectivity index (χ3v) is 2.03. The third kappa shape index (κ3) is 2.32. The van der Waals surface area contributed by atoms with Crippen molar-refractivity contribution in [2.75, 3.05) is 0 Å². The summed E-state index contributed by atoms with van der Waals surface area (Å²) in [4.78, 5) is 12.3. The fourth-order valence-corrected chi connectivity index (χ4v) is 1.21. The molecule has 0 unspecified atom stereocenters. The Balaban J connectivity index is 2.23. The van der Waals surface area contributed by atoms with E-state index in [1.807, 2.05) is 19.1 Å². The molecular formula is C11H12N4O. The van der Waals surface area contributed by atoms with Crippen molar-refractivity contribution in [2.24, 2.45) is 5.73 Å². The van der Waals surface area contributed by atoms with Gasteiger partial charge in [0.1, 0.15) is 11.4 Å². The molecule has 2 aromatic rings. The molecule has 0 aliphatic heterocycles. The van der Waals surface area contributed by atoms with Gasteiger partial charge in [-0.15, -0.1) is 0 Å². The summed E-state index contributed by atoms with van der Waals surface area (Å²) in [6.07, 6.45) is 4.79. The minimum Gasteiger partial charge on any atom is -0.436 e. The highest BCUT2D eigenvalue weighted by Gasteiger charge is 2.05. The molecule has 0 aliphatic carbocycles. The molecule has 5 heteroatoms. The Morgan fingerprint density at radius 1 is 1.19 bits per heavy atom. The van der Waals surface area contributed by atoms with Crippen molar-refractivity contribution < 1.29 is 4.74 Å². The fraction of sp³-hybridized carbons (Fsp3) is 0.182. The molecule has 2 N–H and O–H groups in total. The molecule has 2 rings (SSSR count). The molecule has 2 aromatic heterocycles. The van der Waals surface area contributed by atoms with E-state index in [0.717, 1.165) is 5.69 Å². The van der Waals surface area contributed by atoms with Gasteiger partial charge in [0.2, 0.25) is 5.88 Å². The summed E-state index contributed by atoms with van der Waals surface area (Å²) in [7, 11) is 0. The first-order chi connectivity index (χ1) is 7.79. The first-order valence-electron chi connectivity index (χ1n) is 4.90. The average Bonchev–Trinajstić information content (AvgIpc) is 2.33. The zero-order valence-electron chi connectivity index (χ0n) is 8.92. The Morgan fingerprint density at radius 3 is 2.69 bits per heavy atom. The number of nitrogens with zero attached hydrogens (tertiary/aromatic N) is 3. The molecule has 0 atom stereocenters. The standard InChI is InChI=1S/C11H12N4O/c1-8-2-3-9(7-15-8)16-11-10(6-12)13-4-5-14-11/h2-5,7H,6,12H2,1H3. The van der Waals surface area contributed by atoms with Crippen molar-refractivity contribution in [2.45, 2.75) is 13.5 Å². The molecule has 16 heavy (non-hydrogen) atoms. The van der Waals surface area contributed by atoms with Gasteiger partial charge in [0.15, 0.2) is 0 Å². The number of hydrogen-bond donors (Lipinski definition) is 1. The predicted molar refractivity (Wildman–Crippen MR) is 59.0 cm³/mol. The molecule has 0 radical (unpaired) electrons. The number of nitrogens with two attached hydrogens (primary N) is 1. The minimum atomic E-state index is 0.294. The molecule has 0 amide bonds. The van der Waals surface area contributed by atoms with Crippen LogP contribution in [0.1, 0.15) is 11.4 Å². The van der Waals surface area contributed by atoms with Gasteiger partial charge in [-0.3, -0.25) is 9.97 Å². The molecule has 0 spiro atoms. The molecule has 82 valence electrons. The lowest BCUT2D eigenvalue weighted by molar-refractivity contribution is 0.450. The van der Waals surface area contributed by atoms with Gasteiger partial charge in [-0.25, -0.2) is 4.98 Å². The summed E-state index contributed by atoms with van der Waals surface area (Å²) in [5, 5.41) is 0. The largest absolute Gasteiger partial charge is 0.436 e. The molecule has 0 aliphatic rings. The normalized spacial score (nSPS) is 10.1. The number of aromatic nitrogens is 3. The topological polar surface area (TPSA) is 73.9 Å². The van der Waals surface area contributed by atoms with Crippen LogP contribution >= 0.6 is 0 Å². The van der Waals surface area contributed by atoms with E-state index in [0.29, 0.717) is 23.9 Å². The van der Waals surface area contributed by atoms with Gasteiger partial charge in [0, 0.05) is 24.6 Å². The number of aryl methyl sites for hydroxylation is 1. The highest BCUT2D eigenvalue weighted by Crippen LogP contribution is 2.20. The molecule has 0 saturated heterocycles. The summed E-state index contributed by atoms with van der Waals surface area (Å²) in [5.41, 5.74) is 7.09. The monoisotopic (exact) mass is 216 g/mol. The SMILES string of the molecule is Cc1ccc(Oc2nccnc2CN)cn1. The summed E-state index contributed by atoms with van der Waals surface area (Å²) < 4.78 is 5.54. The van der Waals surface area contributed by atoms with Crippen molar-refractivity contribution >= 4 is 0 Å². The Hall–Kier alpha value is -2.01. The number of hydrogen-bond acceptors (Lipinski definition) is 5. The van der Waals surface area contributed by atoms with Gasteiger partial charge in [-0.1, -0.05) is 0 Å². The Kier molecular flexibility index (Phi) is 3.07. The summed E-state index contributed by atoms with van der Waals surface area (Å²) in [6.45, 7) is 2.21. The van der Waals surface area contributed by atoms with Crippen molar-refractivity contribution in [1.82, 2.24) is 15.0 Å². The lowest BCUT2D eigenvalue weighted by Gasteiger charge is -2.06. The van der Waals surface area contributed by atoms with Crippen LogP contribution < -0.4 is 10.5 Å². The van der Waals surface area contributed by atoms with Gasteiger partial charge >= 0.3 is 0 Å². The number of rotatable bonds is 3. The lowest BCUT2D eigenvalue weighted by atomic mass is 10.4. The molecule has 5 nitrogen and oxygen atoms in total. The summed E-state index contributed by atoms with van der Waals surface area (Å²) in [5.74, 6) is 1.05. The van der Waals surface area contributed by atoms with Crippen LogP contribution in [0.15, 0.2) is 30.7 Å². The van der Waals surface area contributed by atoms with Crippen LogP contribution in [-0.2, 0) is 6.54 Å². The van der Waals surface area contributed by atoms with Crippen LogP contribution in [-0.4, -0.2) is 15.0 Å². The molecule has 0 fully saturated rings. The van der Waals surface area contributed by atoms with Crippen LogP contribution in [0.25, 0.3) is 0 Å². The summed E-state index contributed by atoms with van der Waals surface area (Å²) in [6, 6.07) is 3.70. The Labute approximate surface area is 93.3 Å². The number of ether oxygens (including phenoxy) is 1. The quantitative estimate of drug-likeness (QED) is 0.840. The zero-order chi connectivity index (χ0) is 11.4. The average molecular weight is 216 g/mol. The van der Waals surface area contributed by atoms with E-state index in [-0.39, 0.29) is 0 Å². The third-order valence-electron chi connectivity index (χ3n) is 2.03. The van der Waals surface area contributed by atoms with E-state index in [2.05, 4.69) is 15.0 Å². The van der Waals surface area contributed by atoms with Crippen molar-refractivity contribution in [3.05, 3.63) is 42.1 Å². The fourth-order valence-electron chi connectivity index (χ4n) is 1.21. The molecule has 0 aromatic carbocycles. The van der Waals surface area contributed by atoms with Crippen molar-refractivity contribution in [1.29, 1.82) is 0 Å². The van der Waals surface area contributed by atoms with Gasteiger partial charge in [0.25, 0.3) is 0 Å². The smallest absolute Gasteiger partial charge is 0.242 e. The maximum Gasteiger partial charge on any atom is 0.242 e. The van der Waals surface area contributed by atoms with E-state index in [4.69, 9.17) is 10.5 Å². The van der Waals surface area contributed by atoms with Gasteiger partial charge in [0.05, 0.1) is 6.20 Å². The first kappa shape index (κ1) is 10.5. The molecule has 2 heterocycles. The summed E-state index contributed by atoms with van der Waals surface area (Å²) >= 11 is 0. The van der Waals surface area contributed by atoms with E-state index in [9.17, 15) is 0 Å². The van der Waals surface area contributed by atoms with Crippen LogP contribution in [0, 0.1) is 6.92 Å². The first-order valence-corrected chi connectivity index (χ1v) is 4.90. The van der Waals surface area contributed by atoms with E-state index >= 15 is 0 Å². The Bertz CT molecular complexity index is 470. The van der Waals surface area contributed by atoms with Crippen LogP contribution in [0.5, 0.6) is 11.6 Å². The Morgan fingerprint density at radius 2 is 2.00 bits per heavy atom. The van der Waals surface area contributed by atoms with E-state index in [1.54, 1.807) is 18.6 Å². The van der Waals surface area contributed by atoms with Crippen molar-refractivity contribution in [3.63, 3.8) is 0 Å². The van der Waals surface area contributed by atoms with E-state index < -0.39 is 0 Å². The number of pyridine rings is 1. The van der Waals surface area contributed by atoms with Crippen molar-refractivity contribution in [3.8, 4) is 11.6 Å². The highest BCUT2D eigenvalue weighted by atomic mass is 16.5. The highest BCUT2D eigenvalue weighted by molar-refractivity contribution is 5.27. The van der Waals surface area contributed by atoms with Gasteiger partial charge in [-0.2, -0.15) is 0 Å². The minimum absolute atomic E-state index is 0.294. The predicted octanol–water partition coefficient (Wildman–Crippen LogP) is 1.43. The maximum absolute atomic E-state index is 5.54.